The summed E-state index contributed by atoms with van der Waals surface area (Å²) in [6.45, 7) is 2.03. The molecule has 0 amide bonds. The van der Waals surface area contributed by atoms with Crippen LogP contribution < -0.4 is 0 Å². The number of aliphatic hydroxyl groups is 1. The Morgan fingerprint density at radius 3 is 2.85 bits per heavy atom. The number of pyridine rings is 1. The fraction of sp³-hybridized carbons (Fsp3) is 0.333. The molecule has 0 saturated carbocycles. The van der Waals surface area contributed by atoms with E-state index in [1.165, 1.54) is 0 Å². The predicted molar refractivity (Wildman–Crippen MR) is 72.4 cm³/mol. The number of thioether (sulfide) groups is 1. The summed E-state index contributed by atoms with van der Waals surface area (Å²) in [5.41, 5.74) is 1.69. The molecule has 2 rings (SSSR count). The van der Waals surface area contributed by atoms with Gasteiger partial charge in [0, 0.05) is 5.69 Å². The van der Waals surface area contributed by atoms with Crippen LogP contribution in [0.15, 0.2) is 23.4 Å². The molecule has 8 heteroatoms. The summed E-state index contributed by atoms with van der Waals surface area (Å²) in [7, 11) is 0. The van der Waals surface area contributed by atoms with E-state index in [1.807, 2.05) is 25.1 Å². The van der Waals surface area contributed by atoms with Crippen molar-refractivity contribution in [1.82, 2.24) is 19.7 Å². The number of aliphatic hydroxyl groups excluding tert-OH is 1. The monoisotopic (exact) mass is 294 g/mol. The molecule has 106 valence electrons. The molecule has 0 aliphatic heterocycles. The number of aliphatic carboxylic acids is 1. The molecule has 0 spiro atoms. The lowest BCUT2D eigenvalue weighted by atomic mass is 10.3. The molecule has 0 aromatic carbocycles. The van der Waals surface area contributed by atoms with Crippen molar-refractivity contribution in [3.63, 3.8) is 0 Å². The highest BCUT2D eigenvalue weighted by Crippen LogP contribution is 2.18. The van der Waals surface area contributed by atoms with Crippen LogP contribution in [0.4, 0.5) is 0 Å². The van der Waals surface area contributed by atoms with Crippen LogP contribution in [0.5, 0.6) is 0 Å². The summed E-state index contributed by atoms with van der Waals surface area (Å²) in [6, 6.07) is 5.65. The lowest BCUT2D eigenvalue weighted by Gasteiger charge is -2.08. The first-order valence-corrected chi connectivity index (χ1v) is 6.88. The smallest absolute Gasteiger partial charge is 0.313 e. The second-order valence-electron chi connectivity index (χ2n) is 4.10. The van der Waals surface area contributed by atoms with Crippen molar-refractivity contribution in [3.8, 4) is 0 Å². The Hall–Kier alpha value is -1.93. The van der Waals surface area contributed by atoms with Crippen LogP contribution in [-0.2, 0) is 17.9 Å². The number of aromatic nitrogens is 4. The first-order chi connectivity index (χ1) is 9.60. The zero-order valence-corrected chi connectivity index (χ0v) is 11.7. The molecular weight excluding hydrogens is 280 g/mol. The molecule has 0 aliphatic rings. The largest absolute Gasteiger partial charge is 0.481 e. The van der Waals surface area contributed by atoms with Gasteiger partial charge in [-0.05, 0) is 19.1 Å². The number of nitrogens with zero attached hydrogens (tertiary/aromatic N) is 4. The second kappa shape index (κ2) is 6.49. The lowest BCUT2D eigenvalue weighted by Crippen LogP contribution is -2.09. The Bertz CT molecular complexity index is 614. The molecule has 2 aromatic rings. The van der Waals surface area contributed by atoms with E-state index in [-0.39, 0.29) is 12.4 Å². The molecule has 2 aromatic heterocycles. The molecule has 0 fully saturated rings. The van der Waals surface area contributed by atoms with Crippen LogP contribution in [0.25, 0.3) is 0 Å². The third kappa shape index (κ3) is 3.55. The first kappa shape index (κ1) is 14.5. The molecule has 0 atom stereocenters. The van der Waals surface area contributed by atoms with Gasteiger partial charge in [-0.15, -0.1) is 10.2 Å². The molecular formula is C12H14N4O3S. The number of carboxylic acid groups (broad SMARTS) is 1. The molecule has 2 heterocycles. The van der Waals surface area contributed by atoms with Crippen LogP contribution in [0, 0.1) is 6.92 Å². The van der Waals surface area contributed by atoms with E-state index < -0.39 is 5.97 Å². The van der Waals surface area contributed by atoms with Gasteiger partial charge in [-0.2, -0.15) is 0 Å². The maximum atomic E-state index is 10.6. The van der Waals surface area contributed by atoms with Crippen LogP contribution in [-0.4, -0.2) is 41.7 Å². The fourth-order valence-electron chi connectivity index (χ4n) is 1.68. The van der Waals surface area contributed by atoms with Gasteiger partial charge in [-0.25, -0.2) is 0 Å². The Kier molecular flexibility index (Phi) is 4.70. The highest BCUT2D eigenvalue weighted by atomic mass is 32.2. The van der Waals surface area contributed by atoms with Gasteiger partial charge in [0.2, 0.25) is 0 Å². The third-order valence-electron chi connectivity index (χ3n) is 2.53. The molecule has 0 saturated heterocycles. The van der Waals surface area contributed by atoms with E-state index in [1.54, 1.807) is 4.57 Å². The Morgan fingerprint density at radius 2 is 2.20 bits per heavy atom. The van der Waals surface area contributed by atoms with E-state index in [0.717, 1.165) is 23.1 Å². The van der Waals surface area contributed by atoms with E-state index in [0.29, 0.717) is 17.5 Å². The summed E-state index contributed by atoms with van der Waals surface area (Å²) in [6.07, 6.45) is 0. The number of carbonyl (C=O) groups is 1. The summed E-state index contributed by atoms with van der Waals surface area (Å²) in [5.74, 6) is -0.643. The van der Waals surface area contributed by atoms with Crippen molar-refractivity contribution in [2.45, 2.75) is 25.2 Å². The van der Waals surface area contributed by atoms with E-state index in [2.05, 4.69) is 15.2 Å². The Balaban J connectivity index is 2.24. The number of carboxylic acids is 1. The molecule has 20 heavy (non-hydrogen) atoms. The SMILES string of the molecule is Cc1cccc(Cn2c(CO)nnc2SCC(=O)O)n1. The Morgan fingerprint density at radius 1 is 1.40 bits per heavy atom. The zero-order valence-electron chi connectivity index (χ0n) is 10.9. The Labute approximate surface area is 119 Å². The van der Waals surface area contributed by atoms with Gasteiger partial charge in [0.1, 0.15) is 6.61 Å². The first-order valence-electron chi connectivity index (χ1n) is 5.90. The summed E-state index contributed by atoms with van der Waals surface area (Å²) < 4.78 is 1.68. The van der Waals surface area contributed by atoms with Gasteiger partial charge in [0.15, 0.2) is 11.0 Å². The second-order valence-corrected chi connectivity index (χ2v) is 5.04. The lowest BCUT2D eigenvalue weighted by molar-refractivity contribution is -0.133. The fourth-order valence-corrected chi connectivity index (χ4v) is 2.35. The van der Waals surface area contributed by atoms with Crippen molar-refractivity contribution >= 4 is 17.7 Å². The molecule has 2 N–H and O–H groups in total. The standard InChI is InChI=1S/C12H14N4O3S/c1-8-3-2-4-9(13-8)5-16-10(6-17)14-15-12(16)20-7-11(18)19/h2-4,17H,5-7H2,1H3,(H,18,19). The molecule has 0 radical (unpaired) electrons. The van der Waals surface area contributed by atoms with Crippen LogP contribution in [0.3, 0.4) is 0 Å². The number of hydrogen-bond acceptors (Lipinski definition) is 6. The van der Waals surface area contributed by atoms with E-state index in [9.17, 15) is 9.90 Å². The number of aryl methyl sites for hydroxylation is 1. The van der Waals surface area contributed by atoms with Crippen LogP contribution in [0.2, 0.25) is 0 Å². The van der Waals surface area contributed by atoms with Gasteiger partial charge in [-0.3, -0.25) is 14.3 Å². The van der Waals surface area contributed by atoms with Gasteiger partial charge in [0.05, 0.1) is 18.0 Å². The zero-order chi connectivity index (χ0) is 14.5. The molecule has 7 nitrogen and oxygen atoms in total. The van der Waals surface area contributed by atoms with E-state index in [4.69, 9.17) is 5.11 Å². The van der Waals surface area contributed by atoms with Gasteiger partial charge >= 0.3 is 5.97 Å². The number of hydrogen-bond donors (Lipinski definition) is 2. The minimum Gasteiger partial charge on any atom is -0.481 e. The third-order valence-corrected chi connectivity index (χ3v) is 3.48. The number of rotatable bonds is 6. The summed E-state index contributed by atoms with van der Waals surface area (Å²) >= 11 is 1.07. The minimum atomic E-state index is -0.927. The maximum Gasteiger partial charge on any atom is 0.313 e. The van der Waals surface area contributed by atoms with Crippen LogP contribution >= 0.6 is 11.8 Å². The van der Waals surface area contributed by atoms with Crippen molar-refractivity contribution in [1.29, 1.82) is 0 Å². The van der Waals surface area contributed by atoms with Gasteiger partial charge < -0.3 is 10.2 Å². The van der Waals surface area contributed by atoms with Gasteiger partial charge in [-0.1, -0.05) is 17.8 Å². The van der Waals surface area contributed by atoms with Gasteiger partial charge in [0.25, 0.3) is 0 Å². The maximum absolute atomic E-state index is 10.6. The highest BCUT2D eigenvalue weighted by molar-refractivity contribution is 7.99. The van der Waals surface area contributed by atoms with Crippen molar-refractivity contribution in [3.05, 3.63) is 35.4 Å². The quantitative estimate of drug-likeness (QED) is 0.756. The average molecular weight is 294 g/mol. The summed E-state index contributed by atoms with van der Waals surface area (Å²) in [5, 5.41) is 26.2. The highest BCUT2D eigenvalue weighted by Gasteiger charge is 2.14. The molecule has 0 unspecified atom stereocenters. The van der Waals surface area contributed by atoms with Crippen molar-refractivity contribution in [2.24, 2.45) is 0 Å². The topological polar surface area (TPSA) is 101 Å². The normalized spacial score (nSPS) is 10.7. The minimum absolute atomic E-state index is 0.106. The summed E-state index contributed by atoms with van der Waals surface area (Å²) in [4.78, 5) is 15.0. The van der Waals surface area contributed by atoms with Crippen LogP contribution in [0.1, 0.15) is 17.2 Å². The van der Waals surface area contributed by atoms with Crippen molar-refractivity contribution in [2.75, 3.05) is 5.75 Å². The molecule has 0 aliphatic carbocycles. The average Bonchev–Trinajstić information content (AvgIpc) is 2.78. The molecule has 0 bridgehead atoms. The van der Waals surface area contributed by atoms with Crippen molar-refractivity contribution < 1.29 is 15.0 Å². The van der Waals surface area contributed by atoms with E-state index >= 15 is 0 Å². The predicted octanol–water partition coefficient (Wildman–Crippen LogP) is 0.699.